The van der Waals surface area contributed by atoms with Crippen LogP contribution in [0.2, 0.25) is 0 Å². The highest BCUT2D eigenvalue weighted by Crippen LogP contribution is 2.26. The zero-order valence-corrected chi connectivity index (χ0v) is 11.6. The fourth-order valence-corrected chi connectivity index (χ4v) is 3.41. The van der Waals surface area contributed by atoms with Crippen molar-refractivity contribution in [3.05, 3.63) is 48.5 Å². The molecule has 0 saturated carbocycles. The summed E-state index contributed by atoms with van der Waals surface area (Å²) in [5.41, 5.74) is 6.16. The summed E-state index contributed by atoms with van der Waals surface area (Å²) in [4.78, 5) is 3.40. The van der Waals surface area contributed by atoms with Gasteiger partial charge in [-0.1, -0.05) is 0 Å². The van der Waals surface area contributed by atoms with Crippen molar-refractivity contribution >= 4 is 21.4 Å². The molecule has 0 radical (unpaired) electrons. The van der Waals surface area contributed by atoms with Gasteiger partial charge in [-0.25, -0.2) is 12.8 Å². The Kier molecular flexibility index (Phi) is 3.89. The number of sulfonamides is 1. The minimum absolute atomic E-state index is 0.167. The van der Waals surface area contributed by atoms with Gasteiger partial charge in [0.15, 0.2) is 0 Å². The van der Waals surface area contributed by atoms with E-state index in [-0.39, 0.29) is 12.2 Å². The molecule has 0 aliphatic rings. The van der Waals surface area contributed by atoms with Crippen LogP contribution in [0.25, 0.3) is 0 Å². The van der Waals surface area contributed by atoms with E-state index >= 15 is 0 Å². The smallest absolute Gasteiger partial charge is 0.267 e. The molecular formula is C13H14FN3O2S. The van der Waals surface area contributed by atoms with Gasteiger partial charge in [0.2, 0.25) is 0 Å². The lowest BCUT2D eigenvalue weighted by Crippen LogP contribution is -2.31. The third-order valence-electron chi connectivity index (χ3n) is 2.76. The summed E-state index contributed by atoms with van der Waals surface area (Å²) >= 11 is 0. The van der Waals surface area contributed by atoms with Crippen LogP contribution in [0.1, 0.15) is 6.92 Å². The van der Waals surface area contributed by atoms with Crippen molar-refractivity contribution in [3.8, 4) is 0 Å². The molecule has 0 bridgehead atoms. The van der Waals surface area contributed by atoms with Crippen molar-refractivity contribution in [2.45, 2.75) is 11.8 Å². The Balaban J connectivity index is 2.56. The first-order valence-electron chi connectivity index (χ1n) is 5.94. The quantitative estimate of drug-likeness (QED) is 0.875. The molecule has 5 nitrogen and oxygen atoms in total. The summed E-state index contributed by atoms with van der Waals surface area (Å²) in [6, 6.07) is 6.57. The molecule has 7 heteroatoms. The lowest BCUT2D eigenvalue weighted by molar-refractivity contribution is 0.564. The molecule has 0 aliphatic heterocycles. The first-order valence-corrected chi connectivity index (χ1v) is 7.38. The number of pyridine rings is 1. The zero-order valence-electron chi connectivity index (χ0n) is 10.8. The van der Waals surface area contributed by atoms with E-state index in [2.05, 4.69) is 4.98 Å². The number of benzene rings is 1. The van der Waals surface area contributed by atoms with Gasteiger partial charge in [0.1, 0.15) is 10.7 Å². The fourth-order valence-electron chi connectivity index (χ4n) is 1.84. The van der Waals surface area contributed by atoms with Gasteiger partial charge in [0, 0.05) is 24.6 Å². The molecule has 1 heterocycles. The maximum absolute atomic E-state index is 13.8. The fraction of sp³-hybridized carbons (Fsp3) is 0.154. The van der Waals surface area contributed by atoms with Crippen molar-refractivity contribution in [3.63, 3.8) is 0 Å². The topological polar surface area (TPSA) is 76.3 Å². The van der Waals surface area contributed by atoms with Crippen molar-refractivity contribution in [2.24, 2.45) is 0 Å². The number of nitrogens with zero attached hydrogens (tertiary/aromatic N) is 2. The second kappa shape index (κ2) is 5.46. The number of rotatable bonds is 4. The van der Waals surface area contributed by atoms with E-state index in [1.807, 2.05) is 0 Å². The molecule has 0 unspecified atom stereocenters. The molecular weight excluding hydrogens is 281 g/mol. The van der Waals surface area contributed by atoms with Crippen LogP contribution in [-0.2, 0) is 10.0 Å². The largest absolute Gasteiger partial charge is 0.399 e. The second-order valence-corrected chi connectivity index (χ2v) is 5.90. The summed E-state index contributed by atoms with van der Waals surface area (Å²) in [5, 5.41) is 0. The number of hydrogen-bond donors (Lipinski definition) is 1. The Morgan fingerprint density at radius 2 is 1.90 bits per heavy atom. The van der Waals surface area contributed by atoms with Crippen molar-refractivity contribution < 1.29 is 12.8 Å². The molecule has 0 atom stereocenters. The Labute approximate surface area is 116 Å². The van der Waals surface area contributed by atoms with E-state index in [1.165, 1.54) is 18.5 Å². The molecule has 2 rings (SSSR count). The second-order valence-electron chi connectivity index (χ2n) is 4.07. The summed E-state index contributed by atoms with van der Waals surface area (Å²) in [6.07, 6.45) is 2.95. The van der Waals surface area contributed by atoms with E-state index in [4.69, 9.17) is 5.73 Å². The predicted molar refractivity (Wildman–Crippen MR) is 75.3 cm³/mol. The summed E-state index contributed by atoms with van der Waals surface area (Å²) < 4.78 is 40.0. The SMILES string of the molecule is CCN(c1ccncc1)S(=O)(=O)c1cc(N)ccc1F. The highest BCUT2D eigenvalue weighted by atomic mass is 32.2. The molecule has 0 amide bonds. The van der Waals surface area contributed by atoms with Crippen LogP contribution in [0, 0.1) is 5.82 Å². The maximum atomic E-state index is 13.8. The Morgan fingerprint density at radius 1 is 1.25 bits per heavy atom. The average Bonchev–Trinajstić information content (AvgIpc) is 2.43. The minimum atomic E-state index is -4.01. The lowest BCUT2D eigenvalue weighted by atomic mass is 10.3. The van der Waals surface area contributed by atoms with Crippen LogP contribution in [0.3, 0.4) is 0 Å². The van der Waals surface area contributed by atoms with Crippen LogP contribution in [0.5, 0.6) is 0 Å². The van der Waals surface area contributed by atoms with Crippen LogP contribution < -0.4 is 10.0 Å². The van der Waals surface area contributed by atoms with E-state index < -0.39 is 20.7 Å². The molecule has 20 heavy (non-hydrogen) atoms. The van der Waals surface area contributed by atoms with Gasteiger partial charge in [-0.15, -0.1) is 0 Å². The third kappa shape index (κ3) is 2.57. The average molecular weight is 295 g/mol. The van der Waals surface area contributed by atoms with Gasteiger partial charge < -0.3 is 5.73 Å². The Bertz CT molecular complexity index is 705. The number of nitrogens with two attached hydrogens (primary N) is 1. The Hall–Kier alpha value is -2.15. The Morgan fingerprint density at radius 3 is 2.50 bits per heavy atom. The zero-order chi connectivity index (χ0) is 14.8. The van der Waals surface area contributed by atoms with Crippen LogP contribution >= 0.6 is 0 Å². The van der Waals surface area contributed by atoms with Crippen molar-refractivity contribution in [2.75, 3.05) is 16.6 Å². The first-order chi connectivity index (χ1) is 9.46. The molecule has 2 N–H and O–H groups in total. The summed E-state index contributed by atoms with van der Waals surface area (Å²) in [6.45, 7) is 1.84. The molecule has 0 saturated heterocycles. The van der Waals surface area contributed by atoms with Gasteiger partial charge >= 0.3 is 0 Å². The van der Waals surface area contributed by atoms with E-state index in [9.17, 15) is 12.8 Å². The molecule has 0 fully saturated rings. The van der Waals surface area contributed by atoms with Crippen molar-refractivity contribution in [1.29, 1.82) is 0 Å². The highest BCUT2D eigenvalue weighted by Gasteiger charge is 2.26. The molecule has 1 aromatic heterocycles. The van der Waals surface area contributed by atoms with Gasteiger partial charge in [-0.3, -0.25) is 9.29 Å². The van der Waals surface area contributed by atoms with E-state index in [0.717, 1.165) is 16.4 Å². The lowest BCUT2D eigenvalue weighted by Gasteiger charge is -2.23. The number of anilines is 2. The normalized spacial score (nSPS) is 11.3. The third-order valence-corrected chi connectivity index (χ3v) is 4.68. The summed E-state index contributed by atoms with van der Waals surface area (Å²) in [7, 11) is -4.01. The van der Waals surface area contributed by atoms with Crippen molar-refractivity contribution in [1.82, 2.24) is 4.98 Å². The molecule has 106 valence electrons. The monoisotopic (exact) mass is 295 g/mol. The highest BCUT2D eigenvalue weighted by molar-refractivity contribution is 7.92. The number of halogens is 1. The first kappa shape index (κ1) is 14.3. The molecule has 0 spiro atoms. The minimum Gasteiger partial charge on any atom is -0.399 e. The van der Waals surface area contributed by atoms with Crippen LogP contribution in [0.4, 0.5) is 15.8 Å². The van der Waals surface area contributed by atoms with E-state index in [0.29, 0.717) is 5.69 Å². The van der Waals surface area contributed by atoms with Crippen LogP contribution in [-0.4, -0.2) is 19.9 Å². The number of hydrogen-bond acceptors (Lipinski definition) is 4. The molecule has 2 aromatic rings. The number of aromatic nitrogens is 1. The van der Waals surface area contributed by atoms with Gasteiger partial charge in [0.25, 0.3) is 10.0 Å². The van der Waals surface area contributed by atoms with Gasteiger partial charge in [-0.2, -0.15) is 0 Å². The van der Waals surface area contributed by atoms with Crippen LogP contribution in [0.15, 0.2) is 47.6 Å². The predicted octanol–water partition coefficient (Wildman–Crippen LogP) is 2.02. The maximum Gasteiger partial charge on any atom is 0.267 e. The van der Waals surface area contributed by atoms with E-state index in [1.54, 1.807) is 19.1 Å². The summed E-state index contributed by atoms with van der Waals surface area (Å²) in [5.74, 6) is -0.827. The standard InChI is InChI=1S/C13H14FN3O2S/c1-2-17(11-5-7-16-8-6-11)20(18,19)13-9-10(15)3-4-12(13)14/h3-9H,2,15H2,1H3. The van der Waals surface area contributed by atoms with Gasteiger partial charge in [0.05, 0.1) is 5.69 Å². The molecule has 1 aromatic carbocycles. The molecule has 0 aliphatic carbocycles. The van der Waals surface area contributed by atoms with Gasteiger partial charge in [-0.05, 0) is 37.3 Å². The number of nitrogen functional groups attached to an aromatic ring is 1.